The Hall–Kier alpha value is -0.808. The van der Waals surface area contributed by atoms with Gasteiger partial charge < -0.3 is 9.53 Å². The third-order valence-corrected chi connectivity index (χ3v) is 7.56. The van der Waals surface area contributed by atoms with Crippen molar-refractivity contribution in [3.05, 3.63) is 24.0 Å². The van der Waals surface area contributed by atoms with E-state index in [1.165, 1.54) is 12.1 Å². The summed E-state index contributed by atoms with van der Waals surface area (Å²) < 4.78 is 18.6. The molecule has 0 aliphatic rings. The lowest BCUT2D eigenvalue weighted by molar-refractivity contribution is 0.296. The normalized spacial score (nSPS) is 12.5. The average Bonchev–Trinajstić information content (AvgIpc) is 2.25. The lowest BCUT2D eigenvalue weighted by Crippen LogP contribution is -2.39. The number of benzene rings is 1. The van der Waals surface area contributed by atoms with Crippen molar-refractivity contribution in [2.45, 2.75) is 44.8 Å². The largest absolute Gasteiger partial charge is 0.494 e. The summed E-state index contributed by atoms with van der Waals surface area (Å²) in [5, 5.41) is -0.0196. The molecule has 0 bridgehead atoms. The molecule has 0 saturated carbocycles. The van der Waals surface area contributed by atoms with E-state index in [2.05, 4.69) is 13.8 Å². The molecule has 0 spiro atoms. The van der Waals surface area contributed by atoms with Crippen molar-refractivity contribution in [3.63, 3.8) is 0 Å². The van der Waals surface area contributed by atoms with Gasteiger partial charge in [0.1, 0.15) is 19.4 Å². The smallest absolute Gasteiger partial charge is 0.188 e. The summed E-state index contributed by atoms with van der Waals surface area (Å²) in [6.07, 6.45) is 1.82. The summed E-state index contributed by atoms with van der Waals surface area (Å²) in [5.74, 6) is 0.499. The first kappa shape index (κ1) is 16.2. The van der Waals surface area contributed by atoms with Crippen molar-refractivity contribution in [2.24, 2.45) is 0 Å². The number of halogens is 1. The Bertz CT molecular complexity index is 430. The van der Waals surface area contributed by atoms with Crippen molar-refractivity contribution < 1.29 is 13.9 Å². The van der Waals surface area contributed by atoms with Gasteiger partial charge in [-0.3, -0.25) is 0 Å². The highest BCUT2D eigenvalue weighted by Gasteiger charge is 2.37. The van der Waals surface area contributed by atoms with E-state index in [-0.39, 0.29) is 10.9 Å². The second kappa shape index (κ2) is 6.10. The van der Waals surface area contributed by atoms with Gasteiger partial charge in [-0.15, -0.1) is 0 Å². The number of hydrogen-bond donors (Lipinski definition) is 1. The minimum atomic E-state index is -2.14. The van der Waals surface area contributed by atoms with Crippen molar-refractivity contribution in [1.82, 2.24) is 0 Å². The van der Waals surface area contributed by atoms with Crippen LogP contribution in [0.3, 0.4) is 0 Å². The van der Waals surface area contributed by atoms with Crippen LogP contribution in [-0.2, 0) is 0 Å². The Morgan fingerprint density at radius 1 is 1.37 bits per heavy atom. The highest BCUT2D eigenvalue weighted by molar-refractivity contribution is 6.72. The van der Waals surface area contributed by atoms with Crippen LogP contribution in [0.25, 0.3) is 0 Å². The van der Waals surface area contributed by atoms with E-state index >= 15 is 0 Å². The van der Waals surface area contributed by atoms with Crippen molar-refractivity contribution in [2.75, 3.05) is 6.61 Å². The molecule has 0 unspecified atom stereocenters. The first-order chi connectivity index (χ1) is 8.63. The van der Waals surface area contributed by atoms with Gasteiger partial charge in [0.25, 0.3) is 0 Å². The Morgan fingerprint density at radius 2 is 2.00 bits per heavy atom. The number of ether oxygens (including phenoxy) is 1. The molecule has 1 aromatic rings. The van der Waals surface area contributed by atoms with Crippen molar-refractivity contribution >= 4 is 21.6 Å². The summed E-state index contributed by atoms with van der Waals surface area (Å²) in [7, 11) is -0.298. The molecule has 1 N–H and O–H groups in total. The minimum Gasteiger partial charge on any atom is -0.494 e. The monoisotopic (exact) mass is 282 g/mol. The van der Waals surface area contributed by atoms with Crippen LogP contribution in [0, 0.1) is 5.82 Å². The summed E-state index contributed by atoms with van der Waals surface area (Å²) in [6.45, 7) is 8.76. The number of rotatable bonds is 6. The van der Waals surface area contributed by atoms with E-state index in [9.17, 15) is 9.19 Å². The molecule has 0 heterocycles. The molecule has 0 atom stereocenters. The van der Waals surface area contributed by atoms with Crippen molar-refractivity contribution in [3.8, 4) is 5.75 Å². The zero-order chi connectivity index (χ0) is 14.7. The van der Waals surface area contributed by atoms with Crippen LogP contribution >= 0.6 is 0 Å². The molecule has 2 nitrogen and oxygen atoms in total. The SMILES string of the molecule is Bc1cc(F)ccc1OCCCC(C)(C)[Si](C)(C)O. The topological polar surface area (TPSA) is 29.5 Å². The Labute approximate surface area is 117 Å². The summed E-state index contributed by atoms with van der Waals surface area (Å²) in [4.78, 5) is 10.2. The van der Waals surface area contributed by atoms with E-state index in [1.54, 1.807) is 6.07 Å². The fraction of sp³-hybridized carbons (Fsp3) is 0.571. The quantitative estimate of drug-likeness (QED) is 0.640. The summed E-state index contributed by atoms with van der Waals surface area (Å²) in [6, 6.07) is 4.56. The Kier molecular flexibility index (Phi) is 5.21. The van der Waals surface area contributed by atoms with Crippen LogP contribution in [0.2, 0.25) is 18.1 Å². The molecule has 19 heavy (non-hydrogen) atoms. The van der Waals surface area contributed by atoms with Gasteiger partial charge in [0, 0.05) is 0 Å². The predicted molar refractivity (Wildman–Crippen MR) is 83.0 cm³/mol. The fourth-order valence-electron chi connectivity index (χ4n) is 1.78. The second-order valence-corrected chi connectivity index (χ2v) is 10.8. The maximum absolute atomic E-state index is 12.9. The van der Waals surface area contributed by atoms with Crippen LogP contribution in [0.5, 0.6) is 5.75 Å². The number of hydrogen-bond acceptors (Lipinski definition) is 2. The van der Waals surface area contributed by atoms with Gasteiger partial charge in [-0.1, -0.05) is 13.8 Å². The zero-order valence-electron chi connectivity index (χ0n) is 12.6. The van der Waals surface area contributed by atoms with Crippen LogP contribution in [0.15, 0.2) is 18.2 Å². The van der Waals surface area contributed by atoms with E-state index in [0.717, 1.165) is 24.1 Å². The van der Waals surface area contributed by atoms with Crippen LogP contribution in [0.1, 0.15) is 26.7 Å². The molecule has 0 aromatic heterocycles. The third kappa shape index (κ3) is 4.66. The standard InChI is InChI=1S/C14H24BFO2Si/c1-14(2,19(3,4)17)8-5-9-18-13-7-6-11(16)10-12(13)15/h6-7,10,17H,5,8-9,15H2,1-4H3. The molecule has 0 radical (unpaired) electrons. The molecule has 1 aromatic carbocycles. The lowest BCUT2D eigenvalue weighted by Gasteiger charge is -2.35. The molecular formula is C14H24BFO2Si. The van der Waals surface area contributed by atoms with Gasteiger partial charge in [0.15, 0.2) is 8.32 Å². The van der Waals surface area contributed by atoms with Gasteiger partial charge in [-0.2, -0.15) is 0 Å². The van der Waals surface area contributed by atoms with Gasteiger partial charge in [0.05, 0.1) is 6.61 Å². The highest BCUT2D eigenvalue weighted by atomic mass is 28.4. The molecule has 0 aliphatic heterocycles. The van der Waals surface area contributed by atoms with Crippen LogP contribution < -0.4 is 10.2 Å². The fourth-order valence-corrected chi connectivity index (χ4v) is 2.57. The molecule has 1 rings (SSSR count). The maximum atomic E-state index is 12.9. The van der Waals surface area contributed by atoms with Crippen molar-refractivity contribution in [1.29, 1.82) is 0 Å². The van der Waals surface area contributed by atoms with E-state index in [1.807, 2.05) is 20.9 Å². The molecular weight excluding hydrogens is 258 g/mol. The summed E-state index contributed by atoms with van der Waals surface area (Å²) in [5.41, 5.74) is 0.816. The first-order valence-electron chi connectivity index (χ1n) is 6.75. The van der Waals surface area contributed by atoms with Crippen LogP contribution in [-0.4, -0.2) is 27.6 Å². The van der Waals surface area contributed by atoms with Crippen LogP contribution in [0.4, 0.5) is 4.39 Å². The van der Waals surface area contributed by atoms with Gasteiger partial charge in [-0.05, 0) is 54.6 Å². The van der Waals surface area contributed by atoms with E-state index in [0.29, 0.717) is 6.61 Å². The molecule has 0 amide bonds. The molecule has 5 heteroatoms. The third-order valence-electron chi connectivity index (χ3n) is 4.00. The first-order valence-corrected chi connectivity index (χ1v) is 9.69. The highest BCUT2D eigenvalue weighted by Crippen LogP contribution is 2.39. The minimum absolute atomic E-state index is 0.0196. The average molecular weight is 282 g/mol. The maximum Gasteiger partial charge on any atom is 0.188 e. The summed E-state index contributed by atoms with van der Waals surface area (Å²) >= 11 is 0. The van der Waals surface area contributed by atoms with Gasteiger partial charge >= 0.3 is 0 Å². The lowest BCUT2D eigenvalue weighted by atomic mass is 9.95. The molecule has 106 valence electrons. The Morgan fingerprint density at radius 3 is 2.53 bits per heavy atom. The molecule has 0 saturated heterocycles. The van der Waals surface area contributed by atoms with E-state index < -0.39 is 8.32 Å². The second-order valence-electron chi connectivity index (χ2n) is 6.30. The van der Waals surface area contributed by atoms with Gasteiger partial charge in [0.2, 0.25) is 0 Å². The Balaban J connectivity index is 2.43. The molecule has 0 fully saturated rings. The van der Waals surface area contributed by atoms with Gasteiger partial charge in [-0.25, -0.2) is 4.39 Å². The van der Waals surface area contributed by atoms with E-state index in [4.69, 9.17) is 4.74 Å². The molecule has 0 aliphatic carbocycles. The predicted octanol–water partition coefficient (Wildman–Crippen LogP) is 2.22. The zero-order valence-corrected chi connectivity index (χ0v) is 13.6.